The van der Waals surface area contributed by atoms with E-state index in [0.29, 0.717) is 0 Å². The van der Waals surface area contributed by atoms with Crippen LogP contribution in [0.1, 0.15) is 34.1 Å². The summed E-state index contributed by atoms with van der Waals surface area (Å²) in [6.07, 6.45) is 0.869. The Morgan fingerprint density at radius 2 is 1.94 bits per heavy atom. The molecule has 1 N–H and O–H groups in total. The molecule has 0 aliphatic carbocycles. The third-order valence-corrected chi connectivity index (χ3v) is 3.87. The summed E-state index contributed by atoms with van der Waals surface area (Å²) in [6.45, 7) is 4.19. The van der Waals surface area contributed by atoms with Gasteiger partial charge in [-0.05, 0) is 26.5 Å². The topological polar surface area (TPSA) is 37.8 Å². The highest BCUT2D eigenvalue weighted by molar-refractivity contribution is 7.11. The van der Waals surface area contributed by atoms with Gasteiger partial charge in [0.25, 0.3) is 0 Å². The molecule has 0 aliphatic rings. The van der Waals surface area contributed by atoms with Crippen LogP contribution in [0.15, 0.2) is 24.3 Å². The van der Waals surface area contributed by atoms with E-state index < -0.39 is 0 Å². The molecule has 0 saturated heterocycles. The second kappa shape index (κ2) is 5.38. The lowest BCUT2D eigenvalue weighted by atomic mass is 10.1. The van der Waals surface area contributed by atoms with Crippen LogP contribution >= 0.6 is 11.3 Å². The van der Waals surface area contributed by atoms with Gasteiger partial charge in [0.05, 0.1) is 6.04 Å². The van der Waals surface area contributed by atoms with Gasteiger partial charge in [-0.15, -0.1) is 10.2 Å². The zero-order chi connectivity index (χ0) is 12.3. The maximum Gasteiger partial charge on any atom is 0.134 e. The van der Waals surface area contributed by atoms with E-state index in [1.165, 1.54) is 11.1 Å². The molecule has 1 unspecified atom stereocenters. The SMILES string of the molecule is CNC(C)c1nnc(Cc2ccc(C)cc2)s1. The van der Waals surface area contributed by atoms with Crippen LogP contribution in [0, 0.1) is 6.92 Å². The first-order valence-electron chi connectivity index (χ1n) is 5.74. The summed E-state index contributed by atoms with van der Waals surface area (Å²) in [5.41, 5.74) is 2.57. The van der Waals surface area contributed by atoms with Gasteiger partial charge in [0, 0.05) is 6.42 Å². The van der Waals surface area contributed by atoms with E-state index in [1.807, 2.05) is 7.05 Å². The maximum atomic E-state index is 4.23. The molecule has 0 spiro atoms. The molecular weight excluding hydrogens is 230 g/mol. The number of hydrogen-bond acceptors (Lipinski definition) is 4. The first-order chi connectivity index (χ1) is 8.19. The van der Waals surface area contributed by atoms with Crippen molar-refractivity contribution in [3.05, 3.63) is 45.4 Å². The van der Waals surface area contributed by atoms with Crippen molar-refractivity contribution >= 4 is 11.3 Å². The van der Waals surface area contributed by atoms with Crippen LogP contribution in [0.5, 0.6) is 0 Å². The molecule has 90 valence electrons. The van der Waals surface area contributed by atoms with Gasteiger partial charge in [0.15, 0.2) is 0 Å². The summed E-state index contributed by atoms with van der Waals surface area (Å²) >= 11 is 1.68. The summed E-state index contributed by atoms with van der Waals surface area (Å²) in [5, 5.41) is 13.7. The summed E-state index contributed by atoms with van der Waals surface area (Å²) < 4.78 is 0. The normalized spacial score (nSPS) is 12.6. The Morgan fingerprint density at radius 3 is 2.59 bits per heavy atom. The number of aromatic nitrogens is 2. The highest BCUT2D eigenvalue weighted by Crippen LogP contribution is 2.19. The monoisotopic (exact) mass is 247 g/mol. The first-order valence-corrected chi connectivity index (χ1v) is 6.56. The second-order valence-electron chi connectivity index (χ2n) is 4.21. The van der Waals surface area contributed by atoms with Gasteiger partial charge in [-0.3, -0.25) is 0 Å². The van der Waals surface area contributed by atoms with Crippen molar-refractivity contribution in [1.82, 2.24) is 15.5 Å². The van der Waals surface area contributed by atoms with E-state index in [1.54, 1.807) is 11.3 Å². The maximum absolute atomic E-state index is 4.23. The minimum atomic E-state index is 0.277. The predicted molar refractivity (Wildman–Crippen MR) is 71.4 cm³/mol. The van der Waals surface area contributed by atoms with Crippen LogP contribution < -0.4 is 5.32 Å². The molecule has 0 radical (unpaired) electrons. The van der Waals surface area contributed by atoms with Gasteiger partial charge in [0.1, 0.15) is 10.0 Å². The summed E-state index contributed by atoms with van der Waals surface area (Å²) in [4.78, 5) is 0. The molecule has 0 saturated carbocycles. The zero-order valence-corrected chi connectivity index (χ0v) is 11.2. The lowest BCUT2D eigenvalue weighted by Gasteiger charge is -2.03. The van der Waals surface area contributed by atoms with Crippen molar-refractivity contribution in [3.8, 4) is 0 Å². The molecule has 1 aromatic carbocycles. The van der Waals surface area contributed by atoms with Crippen LogP contribution in [0.4, 0.5) is 0 Å². The average molecular weight is 247 g/mol. The van der Waals surface area contributed by atoms with Crippen LogP contribution in [-0.4, -0.2) is 17.2 Å². The van der Waals surface area contributed by atoms with Gasteiger partial charge in [0.2, 0.25) is 0 Å². The molecule has 2 rings (SSSR count). The number of hydrogen-bond donors (Lipinski definition) is 1. The highest BCUT2D eigenvalue weighted by Gasteiger charge is 2.10. The van der Waals surface area contributed by atoms with E-state index in [4.69, 9.17) is 0 Å². The van der Waals surface area contributed by atoms with E-state index in [0.717, 1.165) is 16.4 Å². The van der Waals surface area contributed by atoms with Gasteiger partial charge in [-0.1, -0.05) is 41.2 Å². The Bertz CT molecular complexity index is 476. The van der Waals surface area contributed by atoms with E-state index >= 15 is 0 Å². The van der Waals surface area contributed by atoms with Gasteiger partial charge >= 0.3 is 0 Å². The fraction of sp³-hybridized carbons (Fsp3) is 0.385. The summed E-state index contributed by atoms with van der Waals surface area (Å²) in [5.74, 6) is 0. The molecular formula is C13H17N3S. The van der Waals surface area contributed by atoms with E-state index in [9.17, 15) is 0 Å². The lowest BCUT2D eigenvalue weighted by molar-refractivity contribution is 0.639. The molecule has 17 heavy (non-hydrogen) atoms. The van der Waals surface area contributed by atoms with Crippen molar-refractivity contribution < 1.29 is 0 Å². The van der Waals surface area contributed by atoms with Crippen LogP contribution in [0.3, 0.4) is 0 Å². The largest absolute Gasteiger partial charge is 0.311 e. The Kier molecular flexibility index (Phi) is 3.86. The number of nitrogens with one attached hydrogen (secondary N) is 1. The molecule has 1 aromatic heterocycles. The van der Waals surface area contributed by atoms with Gasteiger partial charge in [-0.25, -0.2) is 0 Å². The van der Waals surface area contributed by atoms with Crippen molar-refractivity contribution in [3.63, 3.8) is 0 Å². The molecule has 2 aromatic rings. The van der Waals surface area contributed by atoms with E-state index in [2.05, 4.69) is 53.6 Å². The van der Waals surface area contributed by atoms with Crippen molar-refractivity contribution in [2.24, 2.45) is 0 Å². The van der Waals surface area contributed by atoms with Crippen molar-refractivity contribution in [2.75, 3.05) is 7.05 Å². The lowest BCUT2D eigenvalue weighted by Crippen LogP contribution is -2.11. The predicted octanol–water partition coefficient (Wildman–Crippen LogP) is 2.72. The molecule has 4 heteroatoms. The Balaban J connectivity index is 2.08. The standard InChI is InChI=1S/C13H17N3S/c1-9-4-6-11(7-5-9)8-12-15-16-13(17-12)10(2)14-3/h4-7,10,14H,8H2,1-3H3. The minimum absolute atomic E-state index is 0.277. The first kappa shape index (κ1) is 12.2. The van der Waals surface area contributed by atoms with E-state index in [-0.39, 0.29) is 6.04 Å². The van der Waals surface area contributed by atoms with Crippen molar-refractivity contribution in [1.29, 1.82) is 0 Å². The number of benzene rings is 1. The number of nitrogens with zero attached hydrogens (tertiary/aromatic N) is 2. The Hall–Kier alpha value is -1.26. The summed E-state index contributed by atoms with van der Waals surface area (Å²) in [6, 6.07) is 8.84. The van der Waals surface area contributed by atoms with Crippen LogP contribution in [0.2, 0.25) is 0 Å². The highest BCUT2D eigenvalue weighted by atomic mass is 32.1. The molecule has 0 fully saturated rings. The quantitative estimate of drug-likeness (QED) is 0.902. The average Bonchev–Trinajstić information content (AvgIpc) is 2.80. The molecule has 0 bridgehead atoms. The minimum Gasteiger partial charge on any atom is -0.311 e. The second-order valence-corrected chi connectivity index (χ2v) is 5.30. The third-order valence-electron chi connectivity index (χ3n) is 2.76. The number of rotatable bonds is 4. The molecule has 0 amide bonds. The van der Waals surface area contributed by atoms with Gasteiger partial charge < -0.3 is 5.32 Å². The fourth-order valence-electron chi connectivity index (χ4n) is 1.52. The smallest absolute Gasteiger partial charge is 0.134 e. The third kappa shape index (κ3) is 3.11. The summed E-state index contributed by atoms with van der Waals surface area (Å²) in [7, 11) is 1.94. The zero-order valence-electron chi connectivity index (χ0n) is 10.4. The Morgan fingerprint density at radius 1 is 1.24 bits per heavy atom. The molecule has 1 heterocycles. The van der Waals surface area contributed by atoms with Crippen LogP contribution in [-0.2, 0) is 6.42 Å². The molecule has 0 aliphatic heterocycles. The Labute approximate surface area is 106 Å². The number of aryl methyl sites for hydroxylation is 1. The fourth-order valence-corrected chi connectivity index (χ4v) is 2.46. The molecule has 1 atom stereocenters. The van der Waals surface area contributed by atoms with Crippen LogP contribution in [0.25, 0.3) is 0 Å². The molecule has 3 nitrogen and oxygen atoms in total. The van der Waals surface area contributed by atoms with Crippen molar-refractivity contribution in [2.45, 2.75) is 26.3 Å². The van der Waals surface area contributed by atoms with Gasteiger partial charge in [-0.2, -0.15) is 0 Å².